The Balaban J connectivity index is 0.00000169. The molecule has 14 heavy (non-hydrogen) atoms. The molecule has 1 amide bonds. The molecule has 1 atom stereocenters. The molecule has 1 rings (SSSR count). The van der Waals surface area contributed by atoms with Gasteiger partial charge >= 0.3 is 0 Å². The number of amides is 1. The molecule has 5 N–H and O–H groups in total. The third-order valence-corrected chi connectivity index (χ3v) is 2.75. The maximum Gasteiger partial charge on any atom is 0.237 e. The summed E-state index contributed by atoms with van der Waals surface area (Å²) in [5, 5.41) is 2.95. The molecule has 0 aromatic heterocycles. The van der Waals surface area contributed by atoms with Crippen molar-refractivity contribution in [3.8, 4) is 0 Å². The Morgan fingerprint density at radius 2 is 2.00 bits per heavy atom. The van der Waals surface area contributed by atoms with Crippen LogP contribution in [0.2, 0.25) is 0 Å². The van der Waals surface area contributed by atoms with Crippen molar-refractivity contribution in [1.29, 1.82) is 0 Å². The van der Waals surface area contributed by atoms with Gasteiger partial charge in [-0.15, -0.1) is 12.4 Å². The smallest absolute Gasteiger partial charge is 0.237 e. The largest absolute Gasteiger partial charge is 0.348 e. The standard InChI is InChI=1S/C9H19N3O.ClH/c1-7(11)8(13)12-9(6-10)4-2-3-5-9;/h7H,2-6,10-11H2,1H3,(H,12,13);1H. The van der Waals surface area contributed by atoms with Crippen LogP contribution in [0.1, 0.15) is 32.6 Å². The maximum absolute atomic E-state index is 11.4. The van der Waals surface area contributed by atoms with Crippen LogP contribution in [0, 0.1) is 0 Å². The zero-order valence-electron chi connectivity index (χ0n) is 8.58. The zero-order valence-corrected chi connectivity index (χ0v) is 9.40. The monoisotopic (exact) mass is 221 g/mol. The summed E-state index contributed by atoms with van der Waals surface area (Å²) < 4.78 is 0. The Morgan fingerprint density at radius 3 is 2.36 bits per heavy atom. The number of carbonyl (C=O) groups excluding carboxylic acids is 1. The normalized spacial score (nSPS) is 21.1. The van der Waals surface area contributed by atoms with Gasteiger partial charge in [0.15, 0.2) is 0 Å². The second-order valence-electron chi connectivity index (χ2n) is 3.97. The second kappa shape index (κ2) is 5.53. The molecule has 84 valence electrons. The summed E-state index contributed by atoms with van der Waals surface area (Å²) in [6, 6.07) is -0.441. The van der Waals surface area contributed by atoms with Crippen LogP contribution in [0.25, 0.3) is 0 Å². The van der Waals surface area contributed by atoms with E-state index in [1.54, 1.807) is 6.92 Å². The average molecular weight is 222 g/mol. The zero-order chi connectivity index (χ0) is 9.90. The van der Waals surface area contributed by atoms with Crippen molar-refractivity contribution >= 4 is 18.3 Å². The van der Waals surface area contributed by atoms with Crippen LogP contribution in [0.15, 0.2) is 0 Å². The van der Waals surface area contributed by atoms with E-state index >= 15 is 0 Å². The molecule has 0 aromatic carbocycles. The van der Waals surface area contributed by atoms with Crippen LogP contribution < -0.4 is 16.8 Å². The molecule has 0 saturated heterocycles. The van der Waals surface area contributed by atoms with Gasteiger partial charge in [-0.25, -0.2) is 0 Å². The van der Waals surface area contributed by atoms with Crippen LogP contribution in [0.3, 0.4) is 0 Å². The van der Waals surface area contributed by atoms with Crippen molar-refractivity contribution in [2.24, 2.45) is 11.5 Å². The first-order valence-corrected chi connectivity index (χ1v) is 4.87. The van der Waals surface area contributed by atoms with Crippen molar-refractivity contribution in [3.63, 3.8) is 0 Å². The van der Waals surface area contributed by atoms with Crippen molar-refractivity contribution < 1.29 is 4.79 Å². The first kappa shape index (κ1) is 13.7. The fourth-order valence-corrected chi connectivity index (χ4v) is 1.81. The van der Waals surface area contributed by atoms with Crippen molar-refractivity contribution in [2.75, 3.05) is 6.54 Å². The molecule has 1 saturated carbocycles. The number of rotatable bonds is 3. The number of nitrogens with one attached hydrogen (secondary N) is 1. The Kier molecular flexibility index (Phi) is 5.41. The average Bonchev–Trinajstić information content (AvgIpc) is 2.54. The van der Waals surface area contributed by atoms with Gasteiger partial charge in [-0.2, -0.15) is 0 Å². The molecule has 0 aliphatic heterocycles. The number of carbonyl (C=O) groups is 1. The van der Waals surface area contributed by atoms with Gasteiger partial charge in [0.25, 0.3) is 0 Å². The molecule has 1 aliphatic rings. The molecular formula is C9H20ClN3O. The lowest BCUT2D eigenvalue weighted by atomic mass is 9.97. The van der Waals surface area contributed by atoms with Crippen LogP contribution in [0.5, 0.6) is 0 Å². The highest BCUT2D eigenvalue weighted by Gasteiger charge is 2.34. The van der Waals surface area contributed by atoms with Crippen LogP contribution in [0.4, 0.5) is 0 Å². The van der Waals surface area contributed by atoms with E-state index in [1.807, 2.05) is 0 Å². The van der Waals surface area contributed by atoms with Crippen LogP contribution in [-0.4, -0.2) is 24.0 Å². The lowest BCUT2D eigenvalue weighted by Crippen LogP contribution is -2.55. The fourth-order valence-electron chi connectivity index (χ4n) is 1.81. The predicted octanol–water partition coefficient (Wildman–Crippen LogP) is 0.143. The van der Waals surface area contributed by atoms with Crippen molar-refractivity contribution in [1.82, 2.24) is 5.32 Å². The number of hydrogen-bond donors (Lipinski definition) is 3. The SMILES string of the molecule is CC(N)C(=O)NC1(CN)CCCC1.Cl. The van der Waals surface area contributed by atoms with Gasteiger partial charge in [0.05, 0.1) is 11.6 Å². The van der Waals surface area contributed by atoms with E-state index < -0.39 is 6.04 Å². The first-order valence-electron chi connectivity index (χ1n) is 4.87. The van der Waals surface area contributed by atoms with E-state index in [9.17, 15) is 4.79 Å². The first-order chi connectivity index (χ1) is 6.09. The highest BCUT2D eigenvalue weighted by atomic mass is 35.5. The number of hydrogen-bond acceptors (Lipinski definition) is 3. The Bertz CT molecular complexity index is 190. The summed E-state index contributed by atoms with van der Waals surface area (Å²) in [6.45, 7) is 2.21. The van der Waals surface area contributed by atoms with E-state index in [4.69, 9.17) is 11.5 Å². The van der Waals surface area contributed by atoms with Gasteiger partial charge in [0.2, 0.25) is 5.91 Å². The molecule has 1 aliphatic carbocycles. The summed E-state index contributed by atoms with van der Waals surface area (Å²) in [6.07, 6.45) is 4.27. The van der Waals surface area contributed by atoms with E-state index in [-0.39, 0.29) is 23.9 Å². The van der Waals surface area contributed by atoms with Crippen molar-refractivity contribution in [2.45, 2.75) is 44.2 Å². The van der Waals surface area contributed by atoms with Crippen molar-refractivity contribution in [3.05, 3.63) is 0 Å². The van der Waals surface area contributed by atoms with Gasteiger partial charge < -0.3 is 16.8 Å². The molecular weight excluding hydrogens is 202 g/mol. The second-order valence-corrected chi connectivity index (χ2v) is 3.97. The summed E-state index contributed by atoms with van der Waals surface area (Å²) in [5.74, 6) is -0.0904. The van der Waals surface area contributed by atoms with E-state index in [1.165, 1.54) is 0 Å². The summed E-state index contributed by atoms with van der Waals surface area (Å²) in [7, 11) is 0. The van der Waals surface area contributed by atoms with Crippen LogP contribution in [-0.2, 0) is 4.79 Å². The lowest BCUT2D eigenvalue weighted by Gasteiger charge is -2.29. The molecule has 5 heteroatoms. The predicted molar refractivity (Wildman–Crippen MR) is 59.3 cm³/mol. The van der Waals surface area contributed by atoms with Crippen LogP contribution >= 0.6 is 12.4 Å². The molecule has 0 aromatic rings. The number of nitrogens with two attached hydrogens (primary N) is 2. The molecule has 0 spiro atoms. The Labute approximate surface area is 91.2 Å². The van der Waals surface area contributed by atoms with E-state index in [0.29, 0.717) is 6.54 Å². The molecule has 4 nitrogen and oxygen atoms in total. The minimum Gasteiger partial charge on any atom is -0.348 e. The number of halogens is 1. The summed E-state index contributed by atoms with van der Waals surface area (Å²) >= 11 is 0. The molecule has 0 bridgehead atoms. The quantitative estimate of drug-likeness (QED) is 0.634. The third-order valence-electron chi connectivity index (χ3n) is 2.75. The maximum atomic E-state index is 11.4. The molecule has 1 unspecified atom stereocenters. The van der Waals surface area contributed by atoms with Gasteiger partial charge in [-0.3, -0.25) is 4.79 Å². The fraction of sp³-hybridized carbons (Fsp3) is 0.889. The highest BCUT2D eigenvalue weighted by molar-refractivity contribution is 5.85. The summed E-state index contributed by atoms with van der Waals surface area (Å²) in [4.78, 5) is 11.4. The van der Waals surface area contributed by atoms with Gasteiger partial charge in [-0.1, -0.05) is 12.8 Å². The molecule has 0 heterocycles. The van der Waals surface area contributed by atoms with Gasteiger partial charge in [-0.05, 0) is 19.8 Å². The topological polar surface area (TPSA) is 81.1 Å². The lowest BCUT2D eigenvalue weighted by molar-refractivity contribution is -0.123. The minimum atomic E-state index is -0.441. The Morgan fingerprint density at radius 1 is 1.50 bits per heavy atom. The molecule has 1 fully saturated rings. The third kappa shape index (κ3) is 3.12. The summed E-state index contributed by atoms with van der Waals surface area (Å²) in [5.41, 5.74) is 11.0. The van der Waals surface area contributed by atoms with Gasteiger partial charge in [0, 0.05) is 6.54 Å². The Hall–Kier alpha value is -0.320. The van der Waals surface area contributed by atoms with E-state index in [2.05, 4.69) is 5.32 Å². The van der Waals surface area contributed by atoms with Gasteiger partial charge in [0.1, 0.15) is 0 Å². The highest BCUT2D eigenvalue weighted by Crippen LogP contribution is 2.28. The molecule has 0 radical (unpaired) electrons. The van der Waals surface area contributed by atoms with E-state index in [0.717, 1.165) is 25.7 Å². The minimum absolute atomic E-state index is 0.